The van der Waals surface area contributed by atoms with E-state index in [0.29, 0.717) is 22.3 Å². The Morgan fingerprint density at radius 1 is 1.11 bits per heavy atom. The van der Waals surface area contributed by atoms with Crippen molar-refractivity contribution in [2.24, 2.45) is 0 Å². The van der Waals surface area contributed by atoms with Gasteiger partial charge in [-0.15, -0.1) is 0 Å². The van der Waals surface area contributed by atoms with Crippen LogP contribution in [0.1, 0.15) is 30.0 Å². The lowest BCUT2D eigenvalue weighted by Gasteiger charge is -2.27. The van der Waals surface area contributed by atoms with Crippen molar-refractivity contribution < 1.29 is 4.79 Å². The lowest BCUT2D eigenvalue weighted by molar-refractivity contribution is 0.0685. The number of fused-ring (bicyclic) bond motifs is 1. The molecule has 0 bridgehead atoms. The Kier molecular flexibility index (Phi) is 5.26. The summed E-state index contributed by atoms with van der Waals surface area (Å²) in [4.78, 5) is 36.4. The average Bonchev–Trinajstić information content (AvgIpc) is 2.65. The molecule has 0 atom stereocenters. The second kappa shape index (κ2) is 7.61. The number of carbonyl (C=O) groups excluding carboxylic acids is 1. The number of nitrogens with zero attached hydrogens (tertiary/aromatic N) is 3. The Morgan fingerprint density at radius 2 is 1.85 bits per heavy atom. The number of aromatic amines is 1. The largest absolute Gasteiger partial charge is 0.378 e. The van der Waals surface area contributed by atoms with Crippen molar-refractivity contribution in [3.8, 4) is 0 Å². The SMILES string of the molecule is CC(C)N(Cc1nc2ccccc2c(=O)[nH]1)C(=O)c1cccc(N(C)C)c1. The molecule has 0 saturated carbocycles. The standard InChI is InChI=1S/C21H24N4O2/c1-14(2)25(21(27)15-8-7-9-16(12-15)24(3)4)13-19-22-18-11-6-5-10-17(18)20(26)23-19/h5-12,14H,13H2,1-4H3,(H,22,23,26). The highest BCUT2D eigenvalue weighted by Gasteiger charge is 2.21. The topological polar surface area (TPSA) is 69.3 Å². The van der Waals surface area contributed by atoms with Gasteiger partial charge in [-0.2, -0.15) is 0 Å². The molecule has 140 valence electrons. The highest BCUT2D eigenvalue weighted by atomic mass is 16.2. The van der Waals surface area contributed by atoms with Gasteiger partial charge in [0.25, 0.3) is 11.5 Å². The van der Waals surface area contributed by atoms with Crippen molar-refractivity contribution >= 4 is 22.5 Å². The third-order valence-electron chi connectivity index (χ3n) is 4.48. The van der Waals surface area contributed by atoms with Gasteiger partial charge in [-0.25, -0.2) is 4.98 Å². The maximum atomic E-state index is 13.1. The van der Waals surface area contributed by atoms with Crippen LogP contribution in [0.15, 0.2) is 53.3 Å². The summed E-state index contributed by atoms with van der Waals surface area (Å²) in [5.74, 6) is 0.383. The number of rotatable bonds is 5. The zero-order valence-corrected chi connectivity index (χ0v) is 16.1. The van der Waals surface area contributed by atoms with Crippen molar-refractivity contribution in [3.05, 3.63) is 70.3 Å². The second-order valence-corrected chi connectivity index (χ2v) is 7.00. The molecule has 0 aliphatic rings. The van der Waals surface area contributed by atoms with Crippen LogP contribution in [-0.4, -0.2) is 40.9 Å². The van der Waals surface area contributed by atoms with Gasteiger partial charge in [-0.1, -0.05) is 18.2 Å². The van der Waals surface area contributed by atoms with E-state index in [-0.39, 0.29) is 24.1 Å². The number of nitrogens with one attached hydrogen (secondary N) is 1. The average molecular weight is 364 g/mol. The van der Waals surface area contributed by atoms with Gasteiger partial charge in [-0.3, -0.25) is 9.59 Å². The Labute approximate surface area is 158 Å². The molecule has 1 heterocycles. The van der Waals surface area contributed by atoms with Gasteiger partial charge >= 0.3 is 0 Å². The molecule has 0 unspecified atom stereocenters. The number of anilines is 1. The summed E-state index contributed by atoms with van der Waals surface area (Å²) < 4.78 is 0. The van der Waals surface area contributed by atoms with E-state index in [0.717, 1.165) is 5.69 Å². The molecule has 1 N–H and O–H groups in total. The van der Waals surface area contributed by atoms with Gasteiger partial charge < -0.3 is 14.8 Å². The molecule has 0 spiro atoms. The molecule has 3 aromatic rings. The lowest BCUT2D eigenvalue weighted by atomic mass is 10.1. The molecule has 2 aromatic carbocycles. The van der Waals surface area contributed by atoms with E-state index >= 15 is 0 Å². The van der Waals surface area contributed by atoms with Crippen LogP contribution in [0, 0.1) is 0 Å². The fourth-order valence-corrected chi connectivity index (χ4v) is 2.94. The van der Waals surface area contributed by atoms with Crippen molar-refractivity contribution in [2.75, 3.05) is 19.0 Å². The van der Waals surface area contributed by atoms with Crippen LogP contribution < -0.4 is 10.5 Å². The molecule has 0 fully saturated rings. The Bertz CT molecular complexity index is 1020. The highest BCUT2D eigenvalue weighted by Crippen LogP contribution is 2.17. The zero-order valence-electron chi connectivity index (χ0n) is 16.1. The molecule has 27 heavy (non-hydrogen) atoms. The van der Waals surface area contributed by atoms with Crippen molar-refractivity contribution in [2.45, 2.75) is 26.4 Å². The summed E-state index contributed by atoms with van der Waals surface area (Å²) in [7, 11) is 3.88. The summed E-state index contributed by atoms with van der Waals surface area (Å²) in [6.07, 6.45) is 0. The van der Waals surface area contributed by atoms with Crippen molar-refractivity contribution in [3.63, 3.8) is 0 Å². The van der Waals surface area contributed by atoms with Gasteiger partial charge in [0, 0.05) is 31.4 Å². The van der Waals surface area contributed by atoms with Crippen LogP contribution in [0.2, 0.25) is 0 Å². The first-order chi connectivity index (χ1) is 12.9. The van der Waals surface area contributed by atoms with E-state index in [2.05, 4.69) is 9.97 Å². The molecule has 0 saturated heterocycles. The summed E-state index contributed by atoms with van der Waals surface area (Å²) in [6, 6.07) is 14.7. The summed E-state index contributed by atoms with van der Waals surface area (Å²) in [5.41, 5.74) is 2.00. The number of hydrogen-bond donors (Lipinski definition) is 1. The van der Waals surface area contributed by atoms with Crippen LogP contribution in [0.5, 0.6) is 0 Å². The van der Waals surface area contributed by atoms with Crippen LogP contribution in [0.25, 0.3) is 10.9 Å². The Balaban J connectivity index is 1.94. The molecular weight excluding hydrogens is 340 g/mol. The maximum Gasteiger partial charge on any atom is 0.258 e. The summed E-state index contributed by atoms with van der Waals surface area (Å²) in [6.45, 7) is 4.14. The lowest BCUT2D eigenvalue weighted by Crippen LogP contribution is -2.37. The first-order valence-electron chi connectivity index (χ1n) is 8.93. The van der Waals surface area contributed by atoms with E-state index in [1.165, 1.54) is 0 Å². The number of benzene rings is 2. The van der Waals surface area contributed by atoms with Crippen LogP contribution in [0.4, 0.5) is 5.69 Å². The van der Waals surface area contributed by atoms with Gasteiger partial charge in [-0.05, 0) is 44.2 Å². The third kappa shape index (κ3) is 4.00. The van der Waals surface area contributed by atoms with Crippen molar-refractivity contribution in [1.29, 1.82) is 0 Å². The van der Waals surface area contributed by atoms with E-state index in [1.54, 1.807) is 29.2 Å². The normalized spacial score (nSPS) is 11.0. The van der Waals surface area contributed by atoms with E-state index in [4.69, 9.17) is 0 Å². The number of aromatic nitrogens is 2. The van der Waals surface area contributed by atoms with Gasteiger partial charge in [0.2, 0.25) is 0 Å². The molecule has 6 heteroatoms. The number of carbonyl (C=O) groups is 1. The fourth-order valence-electron chi connectivity index (χ4n) is 2.94. The molecule has 0 aliphatic carbocycles. The molecule has 6 nitrogen and oxygen atoms in total. The number of amides is 1. The minimum atomic E-state index is -0.193. The molecule has 3 rings (SSSR count). The van der Waals surface area contributed by atoms with Crippen LogP contribution in [-0.2, 0) is 6.54 Å². The number of H-pyrrole nitrogens is 1. The molecule has 1 aromatic heterocycles. The molecular formula is C21H24N4O2. The molecule has 0 radical (unpaired) electrons. The smallest absolute Gasteiger partial charge is 0.258 e. The highest BCUT2D eigenvalue weighted by molar-refractivity contribution is 5.95. The Morgan fingerprint density at radius 3 is 2.56 bits per heavy atom. The summed E-state index contributed by atoms with van der Waals surface area (Å²) in [5, 5.41) is 0.544. The van der Waals surface area contributed by atoms with Gasteiger partial charge in [0.1, 0.15) is 5.82 Å². The number of hydrogen-bond acceptors (Lipinski definition) is 4. The van der Waals surface area contributed by atoms with Crippen molar-refractivity contribution in [1.82, 2.24) is 14.9 Å². The first-order valence-corrected chi connectivity index (χ1v) is 8.93. The van der Waals surface area contributed by atoms with Gasteiger partial charge in [0.15, 0.2) is 0 Å². The fraction of sp³-hybridized carbons (Fsp3) is 0.286. The third-order valence-corrected chi connectivity index (χ3v) is 4.48. The first kappa shape index (κ1) is 18.6. The second-order valence-electron chi connectivity index (χ2n) is 7.00. The molecule has 1 amide bonds. The maximum absolute atomic E-state index is 13.1. The predicted molar refractivity (Wildman–Crippen MR) is 108 cm³/mol. The number of para-hydroxylation sites is 1. The Hall–Kier alpha value is -3.15. The van der Waals surface area contributed by atoms with Crippen LogP contribution in [0.3, 0.4) is 0 Å². The minimum Gasteiger partial charge on any atom is -0.378 e. The zero-order chi connectivity index (χ0) is 19.6. The minimum absolute atomic E-state index is 0.0442. The van der Waals surface area contributed by atoms with Crippen LogP contribution >= 0.6 is 0 Å². The summed E-state index contributed by atoms with van der Waals surface area (Å²) >= 11 is 0. The molecule has 0 aliphatic heterocycles. The monoisotopic (exact) mass is 364 g/mol. The van der Waals surface area contributed by atoms with E-state index in [1.807, 2.05) is 57.1 Å². The van der Waals surface area contributed by atoms with E-state index < -0.39 is 0 Å². The van der Waals surface area contributed by atoms with Gasteiger partial charge in [0.05, 0.1) is 17.4 Å². The quantitative estimate of drug-likeness (QED) is 0.755. The predicted octanol–water partition coefficient (Wildman–Crippen LogP) is 3.04. The van der Waals surface area contributed by atoms with E-state index in [9.17, 15) is 9.59 Å².